The van der Waals surface area contributed by atoms with E-state index < -0.39 is 4.92 Å². The summed E-state index contributed by atoms with van der Waals surface area (Å²) in [6, 6.07) is 13.5. The molecule has 0 radical (unpaired) electrons. The maximum atomic E-state index is 10.9. The van der Waals surface area contributed by atoms with Gasteiger partial charge in [-0.25, -0.2) is 0 Å². The number of carbonyl (C=O) groups excluding carboxylic acids is 1. The van der Waals surface area contributed by atoms with Gasteiger partial charge >= 0.3 is 5.69 Å². The molecule has 0 aliphatic rings. The minimum absolute atomic E-state index is 0.152. The second-order valence-electron chi connectivity index (χ2n) is 4.97. The Balaban J connectivity index is 0.000000593. The molecule has 1 N–H and O–H groups in total. The predicted molar refractivity (Wildman–Crippen MR) is 86.6 cm³/mol. The zero-order chi connectivity index (χ0) is 17.2. The quantitative estimate of drug-likeness (QED) is 0.519. The van der Waals surface area contributed by atoms with Crippen LogP contribution in [0.15, 0.2) is 48.5 Å². The highest BCUT2D eigenvalue weighted by atomic mass is 16.6. The number of ether oxygens (including phenoxy) is 1. The molecule has 2 aromatic rings. The Kier molecular flexibility index (Phi) is 7.42. The molecular formula is C17H19NO5. The van der Waals surface area contributed by atoms with Gasteiger partial charge in [-0.3, -0.25) is 14.9 Å². The van der Waals surface area contributed by atoms with E-state index in [9.17, 15) is 14.9 Å². The van der Waals surface area contributed by atoms with Crippen LogP contribution in [0.3, 0.4) is 0 Å². The zero-order valence-electron chi connectivity index (χ0n) is 13.0. The average molecular weight is 317 g/mol. The van der Waals surface area contributed by atoms with E-state index in [1.54, 1.807) is 13.8 Å². The number of carbonyl (C=O) groups is 1. The van der Waals surface area contributed by atoms with Crippen molar-refractivity contribution >= 4 is 12.0 Å². The number of hydrogen-bond donors (Lipinski definition) is 1. The number of aliphatic hydroxyl groups is 1. The van der Waals surface area contributed by atoms with Crippen molar-refractivity contribution in [3.8, 4) is 5.75 Å². The molecule has 6 nitrogen and oxygen atoms in total. The predicted octanol–water partition coefficient (Wildman–Crippen LogP) is 3.37. The fourth-order valence-corrected chi connectivity index (χ4v) is 1.61. The van der Waals surface area contributed by atoms with Crippen molar-refractivity contribution in [2.75, 3.05) is 0 Å². The Morgan fingerprint density at radius 1 is 1.22 bits per heavy atom. The lowest BCUT2D eigenvalue weighted by Gasteiger charge is -2.07. The van der Waals surface area contributed by atoms with Crippen LogP contribution in [0, 0.1) is 10.1 Å². The van der Waals surface area contributed by atoms with E-state index in [1.807, 2.05) is 30.3 Å². The molecule has 122 valence electrons. The highest BCUT2D eigenvalue weighted by Crippen LogP contribution is 2.28. The SMILES string of the molecule is CC(C)O.O=Cc1ccc(OCc2ccccc2)c([N+](=O)[O-])c1. The summed E-state index contributed by atoms with van der Waals surface area (Å²) in [6.07, 6.45) is 0.397. The van der Waals surface area contributed by atoms with Crippen LogP contribution in [-0.2, 0) is 6.61 Å². The Labute approximate surface area is 134 Å². The summed E-state index contributed by atoms with van der Waals surface area (Å²) in [5.74, 6) is 0.152. The third-order valence-electron chi connectivity index (χ3n) is 2.55. The smallest absolute Gasteiger partial charge is 0.311 e. The monoisotopic (exact) mass is 317 g/mol. The highest BCUT2D eigenvalue weighted by molar-refractivity contribution is 5.77. The van der Waals surface area contributed by atoms with Gasteiger partial charge < -0.3 is 9.84 Å². The number of nitro groups is 1. The normalized spacial score (nSPS) is 9.74. The largest absolute Gasteiger partial charge is 0.482 e. The van der Waals surface area contributed by atoms with E-state index in [0.717, 1.165) is 5.56 Å². The summed E-state index contributed by atoms with van der Waals surface area (Å²) in [4.78, 5) is 21.0. The molecule has 0 aromatic heterocycles. The van der Waals surface area contributed by atoms with Crippen molar-refractivity contribution in [2.24, 2.45) is 0 Å². The fraction of sp³-hybridized carbons (Fsp3) is 0.235. The number of benzene rings is 2. The van der Waals surface area contributed by atoms with Gasteiger partial charge in [0.2, 0.25) is 0 Å². The third-order valence-corrected chi connectivity index (χ3v) is 2.55. The van der Waals surface area contributed by atoms with Gasteiger partial charge in [0, 0.05) is 17.7 Å². The van der Waals surface area contributed by atoms with Crippen LogP contribution in [-0.4, -0.2) is 22.4 Å². The Hall–Kier alpha value is -2.73. The molecule has 0 fully saturated rings. The molecule has 2 aromatic carbocycles. The van der Waals surface area contributed by atoms with Crippen LogP contribution in [0.1, 0.15) is 29.8 Å². The Bertz CT molecular complexity index is 638. The molecule has 0 unspecified atom stereocenters. The number of hydrogen-bond acceptors (Lipinski definition) is 5. The van der Waals surface area contributed by atoms with E-state index in [2.05, 4.69) is 0 Å². The van der Waals surface area contributed by atoms with E-state index in [-0.39, 0.29) is 29.7 Å². The van der Waals surface area contributed by atoms with Gasteiger partial charge in [0.05, 0.1) is 4.92 Å². The van der Waals surface area contributed by atoms with Crippen molar-refractivity contribution < 1.29 is 19.6 Å². The summed E-state index contributed by atoms with van der Waals surface area (Å²) in [7, 11) is 0. The number of nitro benzene ring substituents is 1. The average Bonchev–Trinajstić information content (AvgIpc) is 2.53. The lowest BCUT2D eigenvalue weighted by atomic mass is 10.2. The van der Waals surface area contributed by atoms with Crippen molar-refractivity contribution in [1.29, 1.82) is 0 Å². The molecule has 0 spiro atoms. The molecule has 0 amide bonds. The molecule has 0 heterocycles. The van der Waals surface area contributed by atoms with Crippen LogP contribution in [0.25, 0.3) is 0 Å². The van der Waals surface area contributed by atoms with Crippen LogP contribution in [0.5, 0.6) is 5.75 Å². The van der Waals surface area contributed by atoms with Crippen molar-refractivity contribution in [3.63, 3.8) is 0 Å². The van der Waals surface area contributed by atoms with E-state index in [1.165, 1.54) is 18.2 Å². The van der Waals surface area contributed by atoms with Gasteiger partial charge in [-0.1, -0.05) is 30.3 Å². The first-order valence-corrected chi connectivity index (χ1v) is 7.02. The van der Waals surface area contributed by atoms with Crippen molar-refractivity contribution in [1.82, 2.24) is 0 Å². The summed E-state index contributed by atoms with van der Waals surface area (Å²) in [5, 5.41) is 19.0. The zero-order valence-corrected chi connectivity index (χ0v) is 13.0. The molecule has 0 atom stereocenters. The first kappa shape index (κ1) is 18.3. The van der Waals surface area contributed by atoms with Crippen molar-refractivity contribution in [2.45, 2.75) is 26.6 Å². The number of rotatable bonds is 5. The molecule has 0 aliphatic carbocycles. The van der Waals surface area contributed by atoms with Crippen LogP contribution in [0.2, 0.25) is 0 Å². The van der Waals surface area contributed by atoms with E-state index in [4.69, 9.17) is 9.84 Å². The Morgan fingerprint density at radius 2 is 1.83 bits per heavy atom. The molecule has 0 saturated heterocycles. The lowest BCUT2D eigenvalue weighted by Crippen LogP contribution is -1.99. The molecule has 2 rings (SSSR count). The minimum Gasteiger partial charge on any atom is -0.482 e. The first-order valence-electron chi connectivity index (χ1n) is 7.02. The number of aliphatic hydroxyl groups excluding tert-OH is 1. The molecule has 0 bridgehead atoms. The molecule has 23 heavy (non-hydrogen) atoms. The summed E-state index contributed by atoms with van der Waals surface area (Å²) in [5.41, 5.74) is 0.954. The third kappa shape index (κ3) is 6.71. The van der Waals surface area contributed by atoms with E-state index >= 15 is 0 Å². The molecule has 6 heteroatoms. The number of aldehydes is 1. The highest BCUT2D eigenvalue weighted by Gasteiger charge is 2.15. The summed E-state index contributed by atoms with van der Waals surface area (Å²) >= 11 is 0. The first-order chi connectivity index (χ1) is 10.9. The fourth-order valence-electron chi connectivity index (χ4n) is 1.61. The topological polar surface area (TPSA) is 89.7 Å². The van der Waals surface area contributed by atoms with Gasteiger partial charge in [-0.15, -0.1) is 0 Å². The number of nitrogens with zero attached hydrogens (tertiary/aromatic N) is 1. The van der Waals surface area contributed by atoms with Gasteiger partial charge in [0.15, 0.2) is 5.75 Å². The van der Waals surface area contributed by atoms with Gasteiger partial charge in [-0.05, 0) is 31.5 Å². The summed E-state index contributed by atoms with van der Waals surface area (Å²) < 4.78 is 5.43. The van der Waals surface area contributed by atoms with Gasteiger partial charge in [0.25, 0.3) is 0 Å². The second-order valence-corrected chi connectivity index (χ2v) is 4.97. The molecule has 0 saturated carbocycles. The minimum atomic E-state index is -0.562. The lowest BCUT2D eigenvalue weighted by molar-refractivity contribution is -0.386. The standard InChI is InChI=1S/C14H11NO4.C3H8O/c16-9-12-6-7-14(13(8-12)15(17)18)19-10-11-4-2-1-3-5-11;1-3(2)4/h1-9H,10H2;3-4H,1-2H3. The maximum Gasteiger partial charge on any atom is 0.311 e. The van der Waals surface area contributed by atoms with Gasteiger partial charge in [-0.2, -0.15) is 0 Å². The maximum absolute atomic E-state index is 10.9. The Morgan fingerprint density at radius 3 is 2.35 bits per heavy atom. The second kappa shape index (κ2) is 9.32. The van der Waals surface area contributed by atoms with Crippen LogP contribution >= 0.6 is 0 Å². The van der Waals surface area contributed by atoms with Crippen LogP contribution < -0.4 is 4.74 Å². The van der Waals surface area contributed by atoms with Crippen molar-refractivity contribution in [3.05, 3.63) is 69.8 Å². The summed E-state index contributed by atoms with van der Waals surface area (Å²) in [6.45, 7) is 3.68. The molecule has 0 aliphatic heterocycles. The van der Waals surface area contributed by atoms with Crippen LogP contribution in [0.4, 0.5) is 5.69 Å². The van der Waals surface area contributed by atoms with Gasteiger partial charge in [0.1, 0.15) is 12.9 Å². The van der Waals surface area contributed by atoms with E-state index in [0.29, 0.717) is 6.29 Å². The molecular weight excluding hydrogens is 298 g/mol.